The summed E-state index contributed by atoms with van der Waals surface area (Å²) >= 11 is 0. The zero-order valence-corrected chi connectivity index (χ0v) is 17.4. The molecule has 0 bridgehead atoms. The number of aliphatic imine (C=N–C) groups is 1. The molecule has 0 aliphatic carbocycles. The molecule has 2 N–H and O–H groups in total. The maximum atomic E-state index is 12.2. The Labute approximate surface area is 178 Å². The quantitative estimate of drug-likeness (QED) is 0.323. The van der Waals surface area contributed by atoms with E-state index in [-0.39, 0.29) is 5.88 Å². The number of nitrogens with one attached hydrogen (secondary N) is 2. The number of aromatic nitrogens is 3. The molecule has 0 saturated heterocycles. The molecular formula is C21H25F3N6O. The molecule has 0 radical (unpaired) electrons. The number of benzene rings is 1. The molecule has 3 rings (SSSR count). The van der Waals surface area contributed by atoms with E-state index >= 15 is 0 Å². The molecule has 0 aliphatic heterocycles. The van der Waals surface area contributed by atoms with Crippen LogP contribution in [0.3, 0.4) is 0 Å². The normalized spacial score (nSPS) is 12.2. The number of para-hydroxylation sites is 2. The largest absolute Gasteiger partial charge is 0.468 e. The van der Waals surface area contributed by atoms with Crippen molar-refractivity contribution in [3.63, 3.8) is 0 Å². The summed E-state index contributed by atoms with van der Waals surface area (Å²) in [5.74, 6) is 1.55. The van der Waals surface area contributed by atoms with Gasteiger partial charge in [0, 0.05) is 38.9 Å². The third kappa shape index (κ3) is 6.59. The second-order valence-electron chi connectivity index (χ2n) is 6.91. The molecule has 10 heteroatoms. The second kappa shape index (κ2) is 10.1. The number of nitrogens with zero attached hydrogens (tertiary/aromatic N) is 4. The Balaban J connectivity index is 1.42. The van der Waals surface area contributed by atoms with E-state index in [0.717, 1.165) is 35.4 Å². The van der Waals surface area contributed by atoms with Gasteiger partial charge in [-0.15, -0.1) is 0 Å². The molecule has 7 nitrogen and oxygen atoms in total. The number of alkyl halides is 3. The lowest BCUT2D eigenvalue weighted by Crippen LogP contribution is -2.37. The highest BCUT2D eigenvalue weighted by Gasteiger charge is 2.28. The van der Waals surface area contributed by atoms with E-state index < -0.39 is 12.8 Å². The van der Waals surface area contributed by atoms with Gasteiger partial charge in [0.15, 0.2) is 12.6 Å². The minimum Gasteiger partial charge on any atom is -0.468 e. The van der Waals surface area contributed by atoms with Crippen molar-refractivity contribution in [3.05, 3.63) is 54.0 Å². The maximum Gasteiger partial charge on any atom is 0.422 e. The number of pyridine rings is 1. The van der Waals surface area contributed by atoms with Crippen LogP contribution in [0.15, 0.2) is 47.6 Å². The van der Waals surface area contributed by atoms with Crippen molar-refractivity contribution in [2.75, 3.05) is 20.2 Å². The summed E-state index contributed by atoms with van der Waals surface area (Å²) in [6.07, 6.45) is -2.03. The number of rotatable bonds is 8. The highest BCUT2D eigenvalue weighted by atomic mass is 19.4. The first kappa shape index (κ1) is 22.4. The summed E-state index contributed by atoms with van der Waals surface area (Å²) in [6.45, 7) is 2.62. The highest BCUT2D eigenvalue weighted by molar-refractivity contribution is 5.79. The van der Waals surface area contributed by atoms with Crippen LogP contribution >= 0.6 is 0 Å². The third-order valence-corrected chi connectivity index (χ3v) is 4.56. The van der Waals surface area contributed by atoms with Gasteiger partial charge in [0.25, 0.3) is 0 Å². The molecule has 0 unspecified atom stereocenters. The summed E-state index contributed by atoms with van der Waals surface area (Å²) in [5, 5.41) is 6.41. The van der Waals surface area contributed by atoms with Gasteiger partial charge in [-0.3, -0.25) is 4.99 Å². The predicted octanol–water partition coefficient (Wildman–Crippen LogP) is 3.44. The Hall–Kier alpha value is -3.30. The monoisotopic (exact) mass is 434 g/mol. The first-order valence-corrected chi connectivity index (χ1v) is 9.86. The van der Waals surface area contributed by atoms with E-state index in [9.17, 15) is 13.2 Å². The van der Waals surface area contributed by atoms with E-state index in [1.54, 1.807) is 13.1 Å². The summed E-state index contributed by atoms with van der Waals surface area (Å²) in [6, 6.07) is 11.1. The molecule has 0 atom stereocenters. The Bertz CT molecular complexity index is 1010. The molecule has 3 aromatic rings. The van der Waals surface area contributed by atoms with Crippen LogP contribution in [0.25, 0.3) is 11.0 Å². The summed E-state index contributed by atoms with van der Waals surface area (Å²) in [7, 11) is 1.68. The number of aryl methyl sites for hydroxylation is 2. The Morgan fingerprint density at radius 2 is 1.97 bits per heavy atom. The molecule has 0 aliphatic rings. The van der Waals surface area contributed by atoms with E-state index in [1.165, 1.54) is 12.3 Å². The van der Waals surface area contributed by atoms with Crippen LogP contribution < -0.4 is 15.4 Å². The van der Waals surface area contributed by atoms with E-state index in [4.69, 9.17) is 0 Å². The number of hydrogen-bond donors (Lipinski definition) is 2. The summed E-state index contributed by atoms with van der Waals surface area (Å²) < 4.78 is 43.3. The molecule has 31 heavy (non-hydrogen) atoms. The number of hydrogen-bond acceptors (Lipinski definition) is 4. The molecule has 0 fully saturated rings. The molecular weight excluding hydrogens is 409 g/mol. The lowest BCUT2D eigenvalue weighted by atomic mass is 10.3. The predicted molar refractivity (Wildman–Crippen MR) is 113 cm³/mol. The third-order valence-electron chi connectivity index (χ3n) is 4.56. The zero-order chi connectivity index (χ0) is 22.3. The van der Waals surface area contributed by atoms with E-state index in [1.807, 2.05) is 25.1 Å². The van der Waals surface area contributed by atoms with Crippen molar-refractivity contribution >= 4 is 17.0 Å². The smallest absolute Gasteiger partial charge is 0.422 e. The first-order valence-electron chi connectivity index (χ1n) is 9.86. The minimum atomic E-state index is -4.39. The van der Waals surface area contributed by atoms with Crippen molar-refractivity contribution in [1.29, 1.82) is 0 Å². The fraction of sp³-hybridized carbons (Fsp3) is 0.381. The van der Waals surface area contributed by atoms with Crippen LogP contribution in [0, 0.1) is 6.92 Å². The second-order valence-corrected chi connectivity index (χ2v) is 6.91. The van der Waals surface area contributed by atoms with Gasteiger partial charge in [0.2, 0.25) is 5.88 Å². The van der Waals surface area contributed by atoms with Crippen molar-refractivity contribution in [2.24, 2.45) is 4.99 Å². The molecule has 2 aromatic heterocycles. The van der Waals surface area contributed by atoms with Gasteiger partial charge >= 0.3 is 6.18 Å². The van der Waals surface area contributed by atoms with Crippen LogP contribution in [0.1, 0.15) is 17.8 Å². The number of halogens is 3. The standard InChI is InChI=1S/C21H25F3N6O/c1-15-29-17-6-3-4-7-18(17)30(15)11-5-10-26-20(25-2)28-13-16-8-9-19(27-12-16)31-14-21(22,23)24/h3-4,6-9,12H,5,10-11,13-14H2,1-2H3,(H2,25,26,28). The fourth-order valence-corrected chi connectivity index (χ4v) is 3.09. The number of imidazole rings is 1. The Morgan fingerprint density at radius 1 is 1.16 bits per heavy atom. The molecule has 0 amide bonds. The number of ether oxygens (including phenoxy) is 1. The van der Waals surface area contributed by atoms with Crippen molar-refractivity contribution in [3.8, 4) is 5.88 Å². The average Bonchev–Trinajstić information content (AvgIpc) is 3.07. The first-order chi connectivity index (χ1) is 14.9. The highest BCUT2D eigenvalue weighted by Crippen LogP contribution is 2.17. The van der Waals surface area contributed by atoms with Gasteiger partial charge < -0.3 is 19.9 Å². The lowest BCUT2D eigenvalue weighted by Gasteiger charge is -2.13. The van der Waals surface area contributed by atoms with Crippen LogP contribution in [0.4, 0.5) is 13.2 Å². The molecule has 2 heterocycles. The average molecular weight is 434 g/mol. The fourth-order valence-electron chi connectivity index (χ4n) is 3.09. The maximum absolute atomic E-state index is 12.2. The van der Waals surface area contributed by atoms with Crippen LogP contribution in [0.2, 0.25) is 0 Å². The lowest BCUT2D eigenvalue weighted by molar-refractivity contribution is -0.154. The topological polar surface area (TPSA) is 76.4 Å². The van der Waals surface area contributed by atoms with E-state index in [2.05, 4.69) is 41.0 Å². The van der Waals surface area contributed by atoms with Gasteiger partial charge in [-0.2, -0.15) is 13.2 Å². The zero-order valence-electron chi connectivity index (χ0n) is 17.4. The minimum absolute atomic E-state index is 0.0640. The van der Waals surface area contributed by atoms with Crippen molar-refractivity contribution < 1.29 is 17.9 Å². The summed E-state index contributed by atoms with van der Waals surface area (Å²) in [4.78, 5) is 12.6. The number of fused-ring (bicyclic) bond motifs is 1. The van der Waals surface area contributed by atoms with Gasteiger partial charge in [0.05, 0.1) is 11.0 Å². The molecule has 0 spiro atoms. The van der Waals surface area contributed by atoms with Crippen LogP contribution in [-0.4, -0.2) is 46.9 Å². The van der Waals surface area contributed by atoms with Gasteiger partial charge in [-0.1, -0.05) is 18.2 Å². The van der Waals surface area contributed by atoms with Gasteiger partial charge in [-0.25, -0.2) is 9.97 Å². The Kier molecular flexibility index (Phi) is 7.32. The van der Waals surface area contributed by atoms with Crippen molar-refractivity contribution in [2.45, 2.75) is 32.6 Å². The Morgan fingerprint density at radius 3 is 2.68 bits per heavy atom. The van der Waals surface area contributed by atoms with Crippen molar-refractivity contribution in [1.82, 2.24) is 25.2 Å². The summed E-state index contributed by atoms with van der Waals surface area (Å²) in [5.41, 5.74) is 2.91. The molecule has 0 saturated carbocycles. The number of guanidine groups is 1. The van der Waals surface area contributed by atoms with Crippen LogP contribution in [-0.2, 0) is 13.1 Å². The molecule has 166 valence electrons. The van der Waals surface area contributed by atoms with Crippen LogP contribution in [0.5, 0.6) is 5.88 Å². The van der Waals surface area contributed by atoms with E-state index in [0.29, 0.717) is 19.0 Å². The van der Waals surface area contributed by atoms with Gasteiger partial charge in [0.1, 0.15) is 5.82 Å². The van der Waals surface area contributed by atoms with Gasteiger partial charge in [-0.05, 0) is 31.0 Å². The SMILES string of the molecule is CN=C(NCCCn1c(C)nc2ccccc21)NCc1ccc(OCC(F)(F)F)nc1. The molecule has 1 aromatic carbocycles.